The van der Waals surface area contributed by atoms with Crippen LogP contribution in [0.2, 0.25) is 0 Å². The number of amides is 1. The lowest BCUT2D eigenvalue weighted by Crippen LogP contribution is -2.14. The summed E-state index contributed by atoms with van der Waals surface area (Å²) in [7, 11) is 0. The lowest BCUT2D eigenvalue weighted by molar-refractivity contribution is 0.102. The van der Waals surface area contributed by atoms with Gasteiger partial charge in [0.05, 0.1) is 0 Å². The first-order valence-corrected chi connectivity index (χ1v) is 6.04. The lowest BCUT2D eigenvalue weighted by Gasteiger charge is -2.07. The number of aryl methyl sites for hydroxylation is 1. The number of pyridine rings is 1. The molecule has 0 radical (unpaired) electrons. The summed E-state index contributed by atoms with van der Waals surface area (Å²) in [5, 5.41) is 2.61. The van der Waals surface area contributed by atoms with Crippen LogP contribution in [0.4, 0.5) is 10.1 Å². The number of carbonyl (C=O) groups is 1. The third-order valence-electron chi connectivity index (χ3n) is 2.27. The highest BCUT2D eigenvalue weighted by molar-refractivity contribution is 9.10. The summed E-state index contributed by atoms with van der Waals surface area (Å²) in [5.41, 5.74) is 1.42. The molecule has 0 aliphatic heterocycles. The first kappa shape index (κ1) is 12.7. The molecule has 0 spiro atoms. The lowest BCUT2D eigenvalue weighted by atomic mass is 10.2. The first-order valence-electron chi connectivity index (χ1n) is 5.25. The van der Waals surface area contributed by atoms with Crippen molar-refractivity contribution in [3.8, 4) is 0 Å². The van der Waals surface area contributed by atoms with Crippen LogP contribution in [0.5, 0.6) is 0 Å². The molecule has 2 aromatic rings. The topological polar surface area (TPSA) is 42.0 Å². The van der Waals surface area contributed by atoms with Gasteiger partial charge in [0.25, 0.3) is 5.91 Å². The van der Waals surface area contributed by atoms with Gasteiger partial charge in [-0.1, -0.05) is 0 Å². The Hall–Kier alpha value is -1.75. The van der Waals surface area contributed by atoms with E-state index in [1.807, 2.05) is 0 Å². The van der Waals surface area contributed by atoms with Crippen molar-refractivity contribution < 1.29 is 9.18 Å². The standard InChI is InChI=1S/C13H10BrFN2O/c1-8-5-9(15)7-10(6-8)17-13(18)12-11(14)3-2-4-16-12/h2-7H,1H3,(H,17,18). The Morgan fingerprint density at radius 1 is 1.39 bits per heavy atom. The molecule has 0 saturated heterocycles. The average Bonchev–Trinajstić information content (AvgIpc) is 2.27. The second kappa shape index (κ2) is 5.27. The van der Waals surface area contributed by atoms with Gasteiger partial charge in [-0.15, -0.1) is 0 Å². The first-order chi connectivity index (χ1) is 8.56. The molecule has 0 atom stereocenters. The Bertz CT molecular complexity index is 581. The summed E-state index contributed by atoms with van der Waals surface area (Å²) in [6.45, 7) is 1.76. The van der Waals surface area contributed by atoms with E-state index in [0.29, 0.717) is 10.2 Å². The minimum absolute atomic E-state index is 0.263. The van der Waals surface area contributed by atoms with Crippen LogP contribution in [0.3, 0.4) is 0 Å². The molecule has 1 aromatic carbocycles. The molecule has 1 aromatic heterocycles. The fraction of sp³-hybridized carbons (Fsp3) is 0.0769. The molecule has 0 bridgehead atoms. The quantitative estimate of drug-likeness (QED) is 0.922. The highest BCUT2D eigenvalue weighted by Crippen LogP contribution is 2.17. The summed E-state index contributed by atoms with van der Waals surface area (Å²) in [4.78, 5) is 15.9. The van der Waals surface area contributed by atoms with Gasteiger partial charge in [-0.25, -0.2) is 9.37 Å². The van der Waals surface area contributed by atoms with Gasteiger partial charge in [-0.2, -0.15) is 0 Å². The number of aromatic nitrogens is 1. The average molecular weight is 309 g/mol. The van der Waals surface area contributed by atoms with Gasteiger partial charge in [0, 0.05) is 16.4 Å². The summed E-state index contributed by atoms with van der Waals surface area (Å²) in [6, 6.07) is 7.79. The molecule has 0 unspecified atom stereocenters. The van der Waals surface area contributed by atoms with Crippen molar-refractivity contribution in [2.75, 3.05) is 5.32 Å². The molecular weight excluding hydrogens is 299 g/mol. The van der Waals surface area contributed by atoms with Gasteiger partial charge in [-0.05, 0) is 58.7 Å². The molecule has 92 valence electrons. The van der Waals surface area contributed by atoms with Crippen molar-refractivity contribution >= 4 is 27.5 Å². The third-order valence-corrected chi connectivity index (χ3v) is 2.91. The number of hydrogen-bond donors (Lipinski definition) is 1. The van der Waals surface area contributed by atoms with Crippen molar-refractivity contribution in [3.05, 3.63) is 58.1 Å². The molecule has 0 aliphatic carbocycles. The van der Waals surface area contributed by atoms with E-state index in [9.17, 15) is 9.18 Å². The van der Waals surface area contributed by atoms with Crippen LogP contribution >= 0.6 is 15.9 Å². The monoisotopic (exact) mass is 308 g/mol. The maximum Gasteiger partial charge on any atom is 0.275 e. The van der Waals surface area contributed by atoms with E-state index in [1.165, 1.54) is 18.3 Å². The summed E-state index contributed by atoms with van der Waals surface area (Å²) in [5.74, 6) is -0.766. The SMILES string of the molecule is Cc1cc(F)cc(NC(=O)c2ncccc2Br)c1. The van der Waals surface area contributed by atoms with Crippen LogP contribution in [0, 0.1) is 12.7 Å². The van der Waals surface area contributed by atoms with Crippen molar-refractivity contribution in [3.63, 3.8) is 0 Å². The van der Waals surface area contributed by atoms with E-state index in [0.717, 1.165) is 5.56 Å². The molecule has 1 heterocycles. The zero-order chi connectivity index (χ0) is 13.1. The highest BCUT2D eigenvalue weighted by atomic mass is 79.9. The number of anilines is 1. The zero-order valence-corrected chi connectivity index (χ0v) is 11.2. The molecule has 5 heteroatoms. The Morgan fingerprint density at radius 3 is 2.83 bits per heavy atom. The number of carbonyl (C=O) groups excluding carboxylic acids is 1. The molecule has 1 amide bonds. The molecule has 2 rings (SSSR count). The molecule has 3 nitrogen and oxygen atoms in total. The predicted molar refractivity (Wildman–Crippen MR) is 71.0 cm³/mol. The van der Waals surface area contributed by atoms with Gasteiger partial charge in [0.1, 0.15) is 11.5 Å². The van der Waals surface area contributed by atoms with Crippen LogP contribution < -0.4 is 5.32 Å². The summed E-state index contributed by atoms with van der Waals surface area (Å²) < 4.78 is 13.8. The number of nitrogens with zero attached hydrogens (tertiary/aromatic N) is 1. The normalized spacial score (nSPS) is 10.2. The fourth-order valence-corrected chi connectivity index (χ4v) is 1.99. The predicted octanol–water partition coefficient (Wildman–Crippen LogP) is 3.54. The van der Waals surface area contributed by atoms with Crippen molar-refractivity contribution in [1.29, 1.82) is 0 Å². The van der Waals surface area contributed by atoms with E-state index in [1.54, 1.807) is 25.1 Å². The number of nitrogens with one attached hydrogen (secondary N) is 1. The van der Waals surface area contributed by atoms with E-state index < -0.39 is 0 Å². The van der Waals surface area contributed by atoms with Gasteiger partial charge in [-0.3, -0.25) is 4.79 Å². The number of halogens is 2. The van der Waals surface area contributed by atoms with E-state index in [-0.39, 0.29) is 17.4 Å². The van der Waals surface area contributed by atoms with Crippen LogP contribution in [0.1, 0.15) is 16.1 Å². The maximum atomic E-state index is 13.2. The molecule has 0 aliphatic rings. The Morgan fingerprint density at radius 2 is 2.17 bits per heavy atom. The third kappa shape index (κ3) is 2.92. The minimum atomic E-state index is -0.384. The van der Waals surface area contributed by atoms with E-state index >= 15 is 0 Å². The summed E-state index contributed by atoms with van der Waals surface area (Å²) in [6.07, 6.45) is 1.52. The van der Waals surface area contributed by atoms with Crippen LogP contribution in [0.25, 0.3) is 0 Å². The largest absolute Gasteiger partial charge is 0.321 e. The Balaban J connectivity index is 2.24. The van der Waals surface area contributed by atoms with Crippen molar-refractivity contribution in [2.45, 2.75) is 6.92 Å². The summed E-state index contributed by atoms with van der Waals surface area (Å²) >= 11 is 3.24. The van der Waals surface area contributed by atoms with E-state index in [2.05, 4.69) is 26.2 Å². The maximum absolute atomic E-state index is 13.2. The smallest absolute Gasteiger partial charge is 0.275 e. The van der Waals surface area contributed by atoms with Gasteiger partial charge >= 0.3 is 0 Å². The van der Waals surface area contributed by atoms with Crippen LogP contribution in [-0.2, 0) is 0 Å². The number of hydrogen-bond acceptors (Lipinski definition) is 2. The molecule has 0 saturated carbocycles. The van der Waals surface area contributed by atoms with Gasteiger partial charge in [0.2, 0.25) is 0 Å². The van der Waals surface area contributed by atoms with Gasteiger partial charge < -0.3 is 5.32 Å². The van der Waals surface area contributed by atoms with Crippen molar-refractivity contribution in [1.82, 2.24) is 4.98 Å². The Labute approximate surface area is 112 Å². The second-order valence-electron chi connectivity index (χ2n) is 3.81. The van der Waals surface area contributed by atoms with Crippen molar-refractivity contribution in [2.24, 2.45) is 0 Å². The van der Waals surface area contributed by atoms with E-state index in [4.69, 9.17) is 0 Å². The Kier molecular flexibility index (Phi) is 3.72. The molecular formula is C13H10BrFN2O. The van der Waals surface area contributed by atoms with Crippen LogP contribution in [0.15, 0.2) is 41.0 Å². The molecule has 18 heavy (non-hydrogen) atoms. The minimum Gasteiger partial charge on any atom is -0.321 e. The van der Waals surface area contributed by atoms with Crippen LogP contribution in [-0.4, -0.2) is 10.9 Å². The number of benzene rings is 1. The highest BCUT2D eigenvalue weighted by Gasteiger charge is 2.11. The fourth-order valence-electron chi connectivity index (χ4n) is 1.55. The molecule has 0 fully saturated rings. The second-order valence-corrected chi connectivity index (χ2v) is 4.66. The number of rotatable bonds is 2. The zero-order valence-electron chi connectivity index (χ0n) is 9.58. The van der Waals surface area contributed by atoms with Gasteiger partial charge in [0.15, 0.2) is 0 Å². The molecule has 1 N–H and O–H groups in total.